The summed E-state index contributed by atoms with van der Waals surface area (Å²) in [5, 5.41) is 4.78. The van der Waals surface area contributed by atoms with Gasteiger partial charge in [-0.25, -0.2) is 9.97 Å². The number of amides is 1. The predicted octanol–water partition coefficient (Wildman–Crippen LogP) is 5.89. The first-order valence-corrected chi connectivity index (χ1v) is 11.8. The molecule has 1 fully saturated rings. The van der Waals surface area contributed by atoms with Crippen LogP contribution >= 0.6 is 11.6 Å². The third kappa shape index (κ3) is 5.57. The molecule has 6 heteroatoms. The van der Waals surface area contributed by atoms with Gasteiger partial charge >= 0.3 is 0 Å². The van der Waals surface area contributed by atoms with Crippen molar-refractivity contribution >= 4 is 34.2 Å². The van der Waals surface area contributed by atoms with Crippen LogP contribution in [0.25, 0.3) is 10.9 Å². The van der Waals surface area contributed by atoms with Gasteiger partial charge in [-0.05, 0) is 49.4 Å². The lowest BCUT2D eigenvalue weighted by Crippen LogP contribution is -2.34. The molecule has 32 heavy (non-hydrogen) atoms. The van der Waals surface area contributed by atoms with Crippen LogP contribution in [0.5, 0.6) is 0 Å². The number of hydrogen-bond donors (Lipinski definition) is 1. The maximum Gasteiger partial charge on any atom is 0.222 e. The molecule has 3 aromatic rings. The average Bonchev–Trinajstić information content (AvgIpc) is 3.61. The average molecular weight is 451 g/mol. The van der Waals surface area contributed by atoms with Crippen LogP contribution in [0.15, 0.2) is 48.5 Å². The Morgan fingerprint density at radius 3 is 2.56 bits per heavy atom. The number of hydrogen-bond acceptors (Lipinski definition) is 4. The van der Waals surface area contributed by atoms with E-state index in [-0.39, 0.29) is 11.9 Å². The molecule has 1 heterocycles. The summed E-state index contributed by atoms with van der Waals surface area (Å²) in [6.07, 6.45) is 2.67. The van der Waals surface area contributed by atoms with Crippen molar-refractivity contribution in [3.8, 4) is 0 Å². The second kappa shape index (κ2) is 9.86. The van der Waals surface area contributed by atoms with Gasteiger partial charge in [0.2, 0.25) is 5.91 Å². The standard InChI is InChI=1S/C26H31ClN4O/c1-17(2)16-31(14-13-24(32)28-18(3)19-7-5-4-6-8-19)26-22-12-11-21(27)15-23(22)29-25(30-26)20-9-10-20/h4-8,11-12,15,17-18,20H,9-10,13-14,16H2,1-3H3,(H,28,32)/t18-/m0/s1. The molecular formula is C26H31ClN4O. The van der Waals surface area contributed by atoms with Gasteiger partial charge in [-0.2, -0.15) is 0 Å². The van der Waals surface area contributed by atoms with E-state index in [0.29, 0.717) is 29.8 Å². The largest absolute Gasteiger partial charge is 0.355 e. The highest BCUT2D eigenvalue weighted by molar-refractivity contribution is 6.31. The molecule has 1 aliphatic carbocycles. The Hall–Kier alpha value is -2.66. The molecule has 168 valence electrons. The molecule has 1 atom stereocenters. The Balaban J connectivity index is 1.54. The van der Waals surface area contributed by atoms with Crippen LogP contribution in [0.1, 0.15) is 63.4 Å². The molecule has 0 unspecified atom stereocenters. The maximum atomic E-state index is 12.8. The molecule has 1 amide bonds. The van der Waals surface area contributed by atoms with Gasteiger partial charge in [-0.15, -0.1) is 0 Å². The zero-order chi connectivity index (χ0) is 22.7. The van der Waals surface area contributed by atoms with Crippen molar-refractivity contribution in [2.75, 3.05) is 18.0 Å². The Kier molecular flexibility index (Phi) is 6.95. The lowest BCUT2D eigenvalue weighted by atomic mass is 10.1. The predicted molar refractivity (Wildman–Crippen MR) is 131 cm³/mol. The van der Waals surface area contributed by atoms with Crippen molar-refractivity contribution in [1.82, 2.24) is 15.3 Å². The van der Waals surface area contributed by atoms with Gasteiger partial charge in [0.05, 0.1) is 11.6 Å². The molecule has 1 aliphatic rings. The molecule has 1 aromatic heterocycles. The van der Waals surface area contributed by atoms with E-state index in [0.717, 1.165) is 47.5 Å². The third-order valence-electron chi connectivity index (χ3n) is 5.77. The topological polar surface area (TPSA) is 58.1 Å². The number of aromatic nitrogens is 2. The molecule has 1 N–H and O–H groups in total. The van der Waals surface area contributed by atoms with E-state index in [1.54, 1.807) is 0 Å². The van der Waals surface area contributed by atoms with Crippen molar-refractivity contribution in [3.05, 3.63) is 64.9 Å². The summed E-state index contributed by atoms with van der Waals surface area (Å²) in [4.78, 5) is 24.8. The Labute approximate surface area is 195 Å². The number of carbonyl (C=O) groups excluding carboxylic acids is 1. The van der Waals surface area contributed by atoms with Gasteiger partial charge in [-0.3, -0.25) is 4.79 Å². The van der Waals surface area contributed by atoms with Crippen LogP contribution in [0, 0.1) is 5.92 Å². The van der Waals surface area contributed by atoms with Gasteiger partial charge in [0, 0.05) is 35.8 Å². The minimum absolute atomic E-state index is 0.0225. The lowest BCUT2D eigenvalue weighted by molar-refractivity contribution is -0.121. The summed E-state index contributed by atoms with van der Waals surface area (Å²) in [6, 6.07) is 15.8. The van der Waals surface area contributed by atoms with E-state index in [4.69, 9.17) is 21.6 Å². The maximum absolute atomic E-state index is 12.8. The fourth-order valence-electron chi connectivity index (χ4n) is 3.97. The lowest BCUT2D eigenvalue weighted by Gasteiger charge is -2.27. The summed E-state index contributed by atoms with van der Waals surface area (Å²) in [6.45, 7) is 7.81. The van der Waals surface area contributed by atoms with Crippen LogP contribution in [0.3, 0.4) is 0 Å². The Morgan fingerprint density at radius 1 is 1.12 bits per heavy atom. The second-order valence-electron chi connectivity index (χ2n) is 9.13. The molecule has 0 spiro atoms. The molecular weight excluding hydrogens is 420 g/mol. The van der Waals surface area contributed by atoms with Crippen LogP contribution in [-0.4, -0.2) is 29.0 Å². The van der Waals surface area contributed by atoms with E-state index in [1.165, 1.54) is 0 Å². The molecule has 0 bridgehead atoms. The summed E-state index contributed by atoms with van der Waals surface area (Å²) in [5.74, 6) is 2.71. The van der Waals surface area contributed by atoms with E-state index in [2.05, 4.69) is 24.1 Å². The third-order valence-corrected chi connectivity index (χ3v) is 6.00. The molecule has 2 aromatic carbocycles. The van der Waals surface area contributed by atoms with Crippen molar-refractivity contribution in [3.63, 3.8) is 0 Å². The first kappa shape index (κ1) is 22.5. The first-order chi connectivity index (χ1) is 15.4. The second-order valence-corrected chi connectivity index (χ2v) is 9.57. The van der Waals surface area contributed by atoms with Gasteiger partial charge in [0.25, 0.3) is 0 Å². The number of anilines is 1. The van der Waals surface area contributed by atoms with Crippen LogP contribution in [0.2, 0.25) is 5.02 Å². The van der Waals surface area contributed by atoms with Crippen LogP contribution < -0.4 is 10.2 Å². The molecule has 5 nitrogen and oxygen atoms in total. The summed E-state index contributed by atoms with van der Waals surface area (Å²) in [5.41, 5.74) is 1.98. The Morgan fingerprint density at radius 2 is 1.88 bits per heavy atom. The highest BCUT2D eigenvalue weighted by atomic mass is 35.5. The van der Waals surface area contributed by atoms with Gasteiger partial charge < -0.3 is 10.2 Å². The minimum Gasteiger partial charge on any atom is -0.355 e. The van der Waals surface area contributed by atoms with E-state index in [9.17, 15) is 4.79 Å². The number of nitrogens with zero attached hydrogens (tertiary/aromatic N) is 3. The highest BCUT2D eigenvalue weighted by Gasteiger charge is 2.28. The van der Waals surface area contributed by atoms with E-state index in [1.807, 2.05) is 55.5 Å². The van der Waals surface area contributed by atoms with E-state index >= 15 is 0 Å². The monoisotopic (exact) mass is 450 g/mol. The summed E-state index contributed by atoms with van der Waals surface area (Å²) < 4.78 is 0. The zero-order valence-corrected chi connectivity index (χ0v) is 19.8. The number of rotatable bonds is 9. The quantitative estimate of drug-likeness (QED) is 0.441. The number of carbonyl (C=O) groups is 1. The van der Waals surface area contributed by atoms with Gasteiger partial charge in [-0.1, -0.05) is 55.8 Å². The Bertz CT molecular complexity index is 1080. The van der Waals surface area contributed by atoms with Gasteiger partial charge in [0.1, 0.15) is 11.6 Å². The zero-order valence-electron chi connectivity index (χ0n) is 19.0. The van der Waals surface area contributed by atoms with Crippen LogP contribution in [-0.2, 0) is 4.79 Å². The van der Waals surface area contributed by atoms with Crippen LogP contribution in [0.4, 0.5) is 5.82 Å². The van der Waals surface area contributed by atoms with Crippen molar-refractivity contribution in [1.29, 1.82) is 0 Å². The fraction of sp³-hybridized carbons (Fsp3) is 0.423. The summed E-state index contributed by atoms with van der Waals surface area (Å²) in [7, 11) is 0. The molecule has 0 saturated heterocycles. The SMILES string of the molecule is CC(C)CN(CCC(=O)N[C@@H](C)c1ccccc1)c1nc(C2CC2)nc2cc(Cl)ccc12. The van der Waals surface area contributed by atoms with Crippen molar-refractivity contribution in [2.45, 2.75) is 52.0 Å². The number of benzene rings is 2. The van der Waals surface area contributed by atoms with Crippen molar-refractivity contribution < 1.29 is 4.79 Å². The smallest absolute Gasteiger partial charge is 0.222 e. The fourth-order valence-corrected chi connectivity index (χ4v) is 4.13. The molecule has 0 radical (unpaired) electrons. The van der Waals surface area contributed by atoms with Crippen molar-refractivity contribution in [2.24, 2.45) is 5.92 Å². The van der Waals surface area contributed by atoms with E-state index < -0.39 is 0 Å². The number of nitrogens with one attached hydrogen (secondary N) is 1. The van der Waals surface area contributed by atoms with Gasteiger partial charge in [0.15, 0.2) is 0 Å². The molecule has 1 saturated carbocycles. The molecule has 4 rings (SSSR count). The normalized spacial score (nSPS) is 14.5. The minimum atomic E-state index is -0.0225. The highest BCUT2D eigenvalue weighted by Crippen LogP contribution is 2.40. The number of halogens is 1. The summed E-state index contributed by atoms with van der Waals surface area (Å²) >= 11 is 6.26. The number of fused-ring (bicyclic) bond motifs is 1. The molecule has 0 aliphatic heterocycles. The first-order valence-electron chi connectivity index (χ1n) is 11.5.